The minimum absolute atomic E-state index is 0.364. The lowest BCUT2D eigenvalue weighted by atomic mass is 10.1. The van der Waals surface area contributed by atoms with Crippen molar-refractivity contribution >= 4 is 16.9 Å². The smallest absolute Gasteiger partial charge is 0.337 e. The van der Waals surface area contributed by atoms with E-state index in [1.807, 2.05) is 6.07 Å². The summed E-state index contributed by atoms with van der Waals surface area (Å²) in [5, 5.41) is 5.11. The summed E-state index contributed by atoms with van der Waals surface area (Å²) >= 11 is 0. The number of methoxy groups -OCH3 is 1. The van der Waals surface area contributed by atoms with Gasteiger partial charge in [0.15, 0.2) is 5.82 Å². The number of aromatic nitrogens is 4. The highest BCUT2D eigenvalue weighted by atomic mass is 16.5. The predicted molar refractivity (Wildman–Crippen MR) is 68.0 cm³/mol. The molecule has 0 N–H and O–H groups in total. The Morgan fingerprint density at radius 2 is 2.21 bits per heavy atom. The van der Waals surface area contributed by atoms with E-state index in [9.17, 15) is 4.79 Å². The molecule has 0 unspecified atom stereocenters. The fourth-order valence-electron chi connectivity index (χ4n) is 1.87. The number of carbonyl (C=O) groups is 1. The topological polar surface area (TPSA) is 69.9 Å². The molecule has 2 aromatic heterocycles. The predicted octanol–water partition coefficient (Wildman–Crippen LogP) is 1.60. The Morgan fingerprint density at radius 1 is 1.32 bits per heavy atom. The van der Waals surface area contributed by atoms with Gasteiger partial charge in [0.2, 0.25) is 0 Å². The average molecular weight is 254 g/mol. The van der Waals surface area contributed by atoms with E-state index in [1.54, 1.807) is 35.3 Å². The SMILES string of the molecule is COC(=O)c1ccc2c(cnn2-c2ccncn2)c1. The van der Waals surface area contributed by atoms with Gasteiger partial charge in [-0.25, -0.2) is 19.4 Å². The molecule has 0 saturated carbocycles. The van der Waals surface area contributed by atoms with Gasteiger partial charge in [-0.1, -0.05) is 0 Å². The van der Waals surface area contributed by atoms with Crippen LogP contribution in [-0.2, 0) is 4.74 Å². The first kappa shape index (κ1) is 11.3. The van der Waals surface area contributed by atoms with Crippen LogP contribution in [0.5, 0.6) is 0 Å². The summed E-state index contributed by atoms with van der Waals surface area (Å²) in [6.07, 6.45) is 4.80. The van der Waals surface area contributed by atoms with Crippen molar-refractivity contribution < 1.29 is 9.53 Å². The molecular formula is C13H10N4O2. The van der Waals surface area contributed by atoms with Crippen LogP contribution in [-0.4, -0.2) is 32.8 Å². The second-order valence-corrected chi connectivity index (χ2v) is 3.89. The van der Waals surface area contributed by atoms with Crippen molar-refractivity contribution in [2.75, 3.05) is 7.11 Å². The van der Waals surface area contributed by atoms with Gasteiger partial charge in [0.05, 0.1) is 24.4 Å². The van der Waals surface area contributed by atoms with E-state index in [-0.39, 0.29) is 5.97 Å². The summed E-state index contributed by atoms with van der Waals surface area (Å²) in [5.74, 6) is 0.313. The van der Waals surface area contributed by atoms with Crippen LogP contribution in [0.1, 0.15) is 10.4 Å². The molecule has 0 amide bonds. The Morgan fingerprint density at radius 3 is 2.95 bits per heavy atom. The number of fused-ring (bicyclic) bond motifs is 1. The molecule has 19 heavy (non-hydrogen) atoms. The van der Waals surface area contributed by atoms with Crippen molar-refractivity contribution in [1.29, 1.82) is 0 Å². The minimum Gasteiger partial charge on any atom is -0.465 e. The van der Waals surface area contributed by atoms with Crippen molar-refractivity contribution in [3.63, 3.8) is 0 Å². The van der Waals surface area contributed by atoms with Gasteiger partial charge in [0.1, 0.15) is 6.33 Å². The van der Waals surface area contributed by atoms with Crippen LogP contribution in [0.3, 0.4) is 0 Å². The normalized spacial score (nSPS) is 10.6. The molecule has 6 heteroatoms. The first-order valence-corrected chi connectivity index (χ1v) is 5.62. The van der Waals surface area contributed by atoms with Crippen LogP contribution in [0.25, 0.3) is 16.7 Å². The van der Waals surface area contributed by atoms with Gasteiger partial charge in [-0.3, -0.25) is 0 Å². The van der Waals surface area contributed by atoms with E-state index in [0.29, 0.717) is 11.4 Å². The van der Waals surface area contributed by atoms with Gasteiger partial charge < -0.3 is 4.74 Å². The van der Waals surface area contributed by atoms with Crippen LogP contribution in [0.15, 0.2) is 43.0 Å². The third kappa shape index (κ3) is 1.93. The molecule has 1 aromatic carbocycles. The highest BCUT2D eigenvalue weighted by molar-refractivity contribution is 5.94. The fraction of sp³-hybridized carbons (Fsp3) is 0.0769. The second kappa shape index (κ2) is 4.49. The Kier molecular flexibility index (Phi) is 2.68. The molecular weight excluding hydrogens is 244 g/mol. The Bertz CT molecular complexity index is 737. The highest BCUT2D eigenvalue weighted by Gasteiger charge is 2.10. The largest absolute Gasteiger partial charge is 0.465 e. The van der Waals surface area contributed by atoms with Crippen molar-refractivity contribution in [3.8, 4) is 5.82 Å². The number of carbonyl (C=O) groups excluding carboxylic acids is 1. The molecule has 0 saturated heterocycles. The lowest BCUT2D eigenvalue weighted by Crippen LogP contribution is -2.01. The van der Waals surface area contributed by atoms with Gasteiger partial charge in [-0.15, -0.1) is 0 Å². The molecule has 0 atom stereocenters. The summed E-state index contributed by atoms with van der Waals surface area (Å²) in [7, 11) is 1.36. The first-order valence-electron chi connectivity index (χ1n) is 5.62. The van der Waals surface area contributed by atoms with Gasteiger partial charge in [0, 0.05) is 17.6 Å². The van der Waals surface area contributed by atoms with Crippen LogP contribution in [0, 0.1) is 0 Å². The van der Waals surface area contributed by atoms with E-state index in [0.717, 1.165) is 10.9 Å². The maximum atomic E-state index is 11.5. The summed E-state index contributed by atoms with van der Waals surface area (Å²) in [5.41, 5.74) is 1.36. The molecule has 0 aliphatic carbocycles. The Labute approximate surface area is 108 Å². The number of rotatable bonds is 2. The number of esters is 1. The number of hydrogen-bond acceptors (Lipinski definition) is 5. The molecule has 0 aliphatic heterocycles. The number of nitrogens with zero attached hydrogens (tertiary/aromatic N) is 4. The van der Waals surface area contributed by atoms with Crippen molar-refractivity contribution in [2.24, 2.45) is 0 Å². The molecule has 3 aromatic rings. The lowest BCUT2D eigenvalue weighted by molar-refractivity contribution is 0.0601. The highest BCUT2D eigenvalue weighted by Crippen LogP contribution is 2.18. The molecule has 0 fully saturated rings. The zero-order valence-corrected chi connectivity index (χ0v) is 10.1. The molecule has 6 nitrogen and oxygen atoms in total. The zero-order chi connectivity index (χ0) is 13.2. The second-order valence-electron chi connectivity index (χ2n) is 3.89. The van der Waals surface area contributed by atoms with Crippen molar-refractivity contribution in [3.05, 3.63) is 48.5 Å². The number of benzene rings is 1. The summed E-state index contributed by atoms with van der Waals surface area (Å²) in [4.78, 5) is 19.5. The van der Waals surface area contributed by atoms with Crippen molar-refractivity contribution in [2.45, 2.75) is 0 Å². The van der Waals surface area contributed by atoms with Crippen molar-refractivity contribution in [1.82, 2.24) is 19.7 Å². The molecule has 0 spiro atoms. The third-order valence-electron chi connectivity index (χ3n) is 2.77. The summed E-state index contributed by atoms with van der Waals surface area (Å²) < 4.78 is 6.38. The summed E-state index contributed by atoms with van der Waals surface area (Å²) in [6, 6.07) is 7.02. The molecule has 94 valence electrons. The molecule has 3 rings (SSSR count). The van der Waals surface area contributed by atoms with E-state index < -0.39 is 0 Å². The maximum Gasteiger partial charge on any atom is 0.337 e. The average Bonchev–Trinajstić information content (AvgIpc) is 2.90. The monoisotopic (exact) mass is 254 g/mol. The van der Waals surface area contributed by atoms with Crippen LogP contribution < -0.4 is 0 Å². The van der Waals surface area contributed by atoms with Gasteiger partial charge in [-0.2, -0.15) is 5.10 Å². The molecule has 0 aliphatic rings. The van der Waals surface area contributed by atoms with E-state index >= 15 is 0 Å². The lowest BCUT2D eigenvalue weighted by Gasteiger charge is -2.02. The number of hydrogen-bond donors (Lipinski definition) is 0. The van der Waals surface area contributed by atoms with Crippen LogP contribution in [0.2, 0.25) is 0 Å². The van der Waals surface area contributed by atoms with E-state index in [4.69, 9.17) is 0 Å². The van der Waals surface area contributed by atoms with E-state index in [1.165, 1.54) is 13.4 Å². The fourth-order valence-corrected chi connectivity index (χ4v) is 1.87. The van der Waals surface area contributed by atoms with Gasteiger partial charge in [-0.05, 0) is 18.2 Å². The molecule has 0 bridgehead atoms. The standard InChI is InChI=1S/C13H10N4O2/c1-19-13(18)9-2-3-11-10(6-9)7-16-17(11)12-4-5-14-8-15-12/h2-8H,1H3. The summed E-state index contributed by atoms with van der Waals surface area (Å²) in [6.45, 7) is 0. The van der Waals surface area contributed by atoms with Crippen LogP contribution >= 0.6 is 0 Å². The Hall–Kier alpha value is -2.76. The van der Waals surface area contributed by atoms with Gasteiger partial charge in [0.25, 0.3) is 0 Å². The molecule has 0 radical (unpaired) electrons. The first-order chi connectivity index (χ1) is 9.29. The third-order valence-corrected chi connectivity index (χ3v) is 2.77. The minimum atomic E-state index is -0.364. The molecule has 2 heterocycles. The zero-order valence-electron chi connectivity index (χ0n) is 10.1. The van der Waals surface area contributed by atoms with E-state index in [2.05, 4.69) is 19.8 Å². The number of ether oxygens (including phenoxy) is 1. The van der Waals surface area contributed by atoms with Gasteiger partial charge >= 0.3 is 5.97 Å². The quantitative estimate of drug-likeness (QED) is 0.650. The maximum absolute atomic E-state index is 11.5. The van der Waals surface area contributed by atoms with Crippen LogP contribution in [0.4, 0.5) is 0 Å². The Balaban J connectivity index is 2.13.